The summed E-state index contributed by atoms with van der Waals surface area (Å²) in [5.74, 6) is -0.444. The number of nitro benzene ring substituents is 1. The topological polar surface area (TPSA) is 58.4 Å². The third-order valence-electron chi connectivity index (χ3n) is 3.26. The number of hydrogen-bond donors (Lipinski definition) is 1. The third kappa shape index (κ3) is 2.43. The van der Waals surface area contributed by atoms with Crippen molar-refractivity contribution >= 4 is 11.4 Å². The molecule has 1 aliphatic rings. The Morgan fingerprint density at radius 2 is 2.39 bits per heavy atom. The average Bonchev–Trinajstić information content (AvgIpc) is 2.83. The highest BCUT2D eigenvalue weighted by atomic mass is 19.1. The Labute approximate surface area is 105 Å². The van der Waals surface area contributed by atoms with Gasteiger partial charge in [-0.3, -0.25) is 10.1 Å². The van der Waals surface area contributed by atoms with Crippen LogP contribution in [-0.2, 0) is 0 Å². The summed E-state index contributed by atoms with van der Waals surface area (Å²) in [6, 6.07) is 3.80. The number of nitro groups is 1. The molecule has 98 valence electrons. The van der Waals surface area contributed by atoms with Crippen LogP contribution in [0.4, 0.5) is 15.8 Å². The molecule has 2 rings (SSSR count). The van der Waals surface area contributed by atoms with Gasteiger partial charge in [0, 0.05) is 31.3 Å². The number of benzene rings is 1. The van der Waals surface area contributed by atoms with Crippen molar-refractivity contribution in [1.82, 2.24) is 5.32 Å². The van der Waals surface area contributed by atoms with Gasteiger partial charge < -0.3 is 10.2 Å². The van der Waals surface area contributed by atoms with Gasteiger partial charge in [-0.2, -0.15) is 0 Å². The van der Waals surface area contributed by atoms with E-state index in [0.29, 0.717) is 12.2 Å². The van der Waals surface area contributed by atoms with Gasteiger partial charge in [0.05, 0.1) is 4.92 Å². The molecule has 5 nitrogen and oxygen atoms in total. The van der Waals surface area contributed by atoms with E-state index < -0.39 is 10.7 Å². The van der Waals surface area contributed by atoms with Gasteiger partial charge in [0.2, 0.25) is 0 Å². The molecular formula is C12H16FN3O2. The Bertz CT molecular complexity index is 447. The first kappa shape index (κ1) is 12.8. The highest BCUT2D eigenvalue weighted by Gasteiger charge is 2.27. The fourth-order valence-corrected chi connectivity index (χ4v) is 2.41. The number of anilines is 1. The van der Waals surface area contributed by atoms with Gasteiger partial charge in [-0.15, -0.1) is 0 Å². The normalized spacial score (nSPS) is 18.9. The molecule has 1 fully saturated rings. The summed E-state index contributed by atoms with van der Waals surface area (Å²) in [5.41, 5.74) is 0.335. The zero-order chi connectivity index (χ0) is 13.1. The predicted octanol–water partition coefficient (Wildman–Crippen LogP) is 1.92. The molecule has 0 spiro atoms. The van der Waals surface area contributed by atoms with Crippen molar-refractivity contribution in [2.45, 2.75) is 19.4 Å². The van der Waals surface area contributed by atoms with Crippen LogP contribution < -0.4 is 10.2 Å². The number of nitrogens with zero attached hydrogens (tertiary/aromatic N) is 2. The van der Waals surface area contributed by atoms with Crippen LogP contribution in [0.3, 0.4) is 0 Å². The van der Waals surface area contributed by atoms with Crippen molar-refractivity contribution in [3.8, 4) is 0 Å². The van der Waals surface area contributed by atoms with E-state index in [-0.39, 0.29) is 11.7 Å². The van der Waals surface area contributed by atoms with Crippen LogP contribution in [0.2, 0.25) is 0 Å². The van der Waals surface area contributed by atoms with Crippen LogP contribution in [-0.4, -0.2) is 30.6 Å². The van der Waals surface area contributed by atoms with Crippen LogP contribution in [0.1, 0.15) is 13.3 Å². The number of rotatable bonds is 4. The summed E-state index contributed by atoms with van der Waals surface area (Å²) < 4.78 is 13.3. The van der Waals surface area contributed by atoms with E-state index in [0.717, 1.165) is 25.6 Å². The lowest BCUT2D eigenvalue weighted by Gasteiger charge is -2.28. The quantitative estimate of drug-likeness (QED) is 0.658. The van der Waals surface area contributed by atoms with E-state index in [1.807, 2.05) is 11.8 Å². The van der Waals surface area contributed by atoms with Gasteiger partial charge >= 0.3 is 0 Å². The summed E-state index contributed by atoms with van der Waals surface area (Å²) in [4.78, 5) is 12.5. The first-order valence-corrected chi connectivity index (χ1v) is 6.04. The molecular weight excluding hydrogens is 237 g/mol. The van der Waals surface area contributed by atoms with Crippen molar-refractivity contribution < 1.29 is 9.31 Å². The van der Waals surface area contributed by atoms with Gasteiger partial charge in [0.1, 0.15) is 11.5 Å². The van der Waals surface area contributed by atoms with Crippen LogP contribution in [0.25, 0.3) is 0 Å². The monoisotopic (exact) mass is 253 g/mol. The lowest BCUT2D eigenvalue weighted by molar-refractivity contribution is -0.384. The maximum absolute atomic E-state index is 13.3. The zero-order valence-electron chi connectivity index (χ0n) is 10.2. The second-order valence-electron chi connectivity index (χ2n) is 4.32. The van der Waals surface area contributed by atoms with Crippen molar-refractivity contribution in [3.63, 3.8) is 0 Å². The van der Waals surface area contributed by atoms with Crippen LogP contribution in [0, 0.1) is 15.9 Å². The van der Waals surface area contributed by atoms with E-state index in [1.54, 1.807) is 0 Å². The van der Waals surface area contributed by atoms with Gasteiger partial charge in [-0.05, 0) is 26.0 Å². The molecule has 0 aromatic heterocycles. The lowest BCUT2D eigenvalue weighted by atomic mass is 10.1. The molecule has 0 aliphatic carbocycles. The molecule has 1 heterocycles. The summed E-state index contributed by atoms with van der Waals surface area (Å²) in [7, 11) is 0. The fraction of sp³-hybridized carbons (Fsp3) is 0.500. The summed E-state index contributed by atoms with van der Waals surface area (Å²) in [5, 5.41) is 14.2. The fourth-order valence-electron chi connectivity index (χ4n) is 2.41. The molecule has 1 aromatic rings. The van der Waals surface area contributed by atoms with Gasteiger partial charge in [-0.1, -0.05) is 0 Å². The van der Waals surface area contributed by atoms with Crippen LogP contribution >= 0.6 is 0 Å². The summed E-state index contributed by atoms with van der Waals surface area (Å²) >= 11 is 0. The molecule has 0 radical (unpaired) electrons. The molecule has 1 saturated heterocycles. The third-order valence-corrected chi connectivity index (χ3v) is 3.26. The minimum absolute atomic E-state index is 0.0369. The Morgan fingerprint density at radius 1 is 1.61 bits per heavy atom. The van der Waals surface area contributed by atoms with Crippen LogP contribution in [0.15, 0.2) is 18.2 Å². The first-order chi connectivity index (χ1) is 8.63. The highest BCUT2D eigenvalue weighted by Crippen LogP contribution is 2.31. The van der Waals surface area contributed by atoms with Gasteiger partial charge in [0.15, 0.2) is 0 Å². The maximum atomic E-state index is 13.3. The van der Waals surface area contributed by atoms with E-state index in [4.69, 9.17) is 0 Å². The number of hydrogen-bond acceptors (Lipinski definition) is 4. The standard InChI is InChI=1S/C12H16FN3O2/c1-2-15(10-5-6-14-8-10)12-7-9(13)3-4-11(12)16(17)18/h3-4,7,10,14H,2,5-6,8H2,1H3. The molecule has 1 atom stereocenters. The Balaban J connectivity index is 2.39. The van der Waals surface area contributed by atoms with E-state index in [2.05, 4.69) is 5.32 Å². The predicted molar refractivity (Wildman–Crippen MR) is 67.3 cm³/mol. The van der Waals surface area contributed by atoms with Crippen molar-refractivity contribution in [2.75, 3.05) is 24.5 Å². The van der Waals surface area contributed by atoms with Crippen molar-refractivity contribution in [3.05, 3.63) is 34.1 Å². The molecule has 0 bridgehead atoms. The largest absolute Gasteiger partial charge is 0.362 e. The van der Waals surface area contributed by atoms with E-state index in [1.165, 1.54) is 12.1 Å². The number of likely N-dealkylation sites (N-methyl/N-ethyl adjacent to an activating group) is 1. The van der Waals surface area contributed by atoms with Gasteiger partial charge in [0.25, 0.3) is 5.69 Å². The van der Waals surface area contributed by atoms with Gasteiger partial charge in [-0.25, -0.2) is 4.39 Å². The molecule has 0 amide bonds. The molecule has 1 aromatic carbocycles. The number of nitrogens with one attached hydrogen (secondary N) is 1. The van der Waals surface area contributed by atoms with Crippen LogP contribution in [0.5, 0.6) is 0 Å². The molecule has 1 N–H and O–H groups in total. The Morgan fingerprint density at radius 3 is 2.94 bits per heavy atom. The summed E-state index contributed by atoms with van der Waals surface area (Å²) in [6.07, 6.45) is 0.918. The van der Waals surface area contributed by atoms with E-state index >= 15 is 0 Å². The highest BCUT2D eigenvalue weighted by molar-refractivity contribution is 5.64. The zero-order valence-corrected chi connectivity index (χ0v) is 10.2. The molecule has 18 heavy (non-hydrogen) atoms. The van der Waals surface area contributed by atoms with Crippen molar-refractivity contribution in [1.29, 1.82) is 0 Å². The minimum Gasteiger partial charge on any atom is -0.362 e. The molecule has 0 saturated carbocycles. The van der Waals surface area contributed by atoms with E-state index in [9.17, 15) is 14.5 Å². The maximum Gasteiger partial charge on any atom is 0.292 e. The van der Waals surface area contributed by atoms with Crippen molar-refractivity contribution in [2.24, 2.45) is 0 Å². The summed E-state index contributed by atoms with van der Waals surface area (Å²) in [6.45, 7) is 4.22. The lowest BCUT2D eigenvalue weighted by Crippen LogP contribution is -2.37. The smallest absolute Gasteiger partial charge is 0.292 e. The first-order valence-electron chi connectivity index (χ1n) is 6.04. The SMILES string of the molecule is CCN(c1cc(F)ccc1[N+](=O)[O-])C1CCNC1. The molecule has 1 aliphatic heterocycles. The Kier molecular flexibility index (Phi) is 3.76. The second-order valence-corrected chi connectivity index (χ2v) is 4.32. The number of halogens is 1. The minimum atomic E-state index is -0.459. The Hall–Kier alpha value is -1.69. The molecule has 1 unspecified atom stereocenters. The molecule has 6 heteroatoms. The second kappa shape index (κ2) is 5.30. The average molecular weight is 253 g/mol.